The second kappa shape index (κ2) is 5.86. The van der Waals surface area contributed by atoms with Crippen LogP contribution in [0.3, 0.4) is 0 Å². The molecule has 3 heterocycles. The van der Waals surface area contributed by atoms with Gasteiger partial charge in [-0.2, -0.15) is 0 Å². The van der Waals surface area contributed by atoms with Crippen LogP contribution in [0.1, 0.15) is 11.5 Å². The Kier molecular flexibility index (Phi) is 3.53. The highest BCUT2D eigenvalue weighted by atomic mass is 19.1. The van der Waals surface area contributed by atoms with Crippen LogP contribution in [0.25, 0.3) is 22.3 Å². The topological polar surface area (TPSA) is 104 Å². The Morgan fingerprint density at radius 1 is 1.04 bits per heavy atom. The van der Waals surface area contributed by atoms with Crippen molar-refractivity contribution in [3.05, 3.63) is 65.9 Å². The number of hydrogen-bond donors (Lipinski definition) is 2. The minimum absolute atomic E-state index is 0.301. The molecule has 0 aliphatic carbocycles. The van der Waals surface area contributed by atoms with Crippen LogP contribution in [0.2, 0.25) is 0 Å². The first-order valence-corrected chi connectivity index (χ1v) is 7.62. The van der Waals surface area contributed by atoms with Crippen molar-refractivity contribution < 1.29 is 8.91 Å². The van der Waals surface area contributed by atoms with E-state index in [1.165, 1.54) is 12.1 Å². The number of hydrogen-bond acceptors (Lipinski definition) is 6. The fraction of sp³-hybridized carbons (Fsp3) is 0.0556. The number of aromatic nitrogens is 3. The third-order valence-electron chi connectivity index (χ3n) is 3.94. The van der Waals surface area contributed by atoms with E-state index in [-0.39, 0.29) is 5.82 Å². The molecule has 0 saturated heterocycles. The van der Waals surface area contributed by atoms with Gasteiger partial charge in [-0.05, 0) is 36.4 Å². The summed E-state index contributed by atoms with van der Waals surface area (Å²) < 4.78 is 18.4. The summed E-state index contributed by atoms with van der Waals surface area (Å²) in [5.41, 5.74) is 16.2. The van der Waals surface area contributed by atoms with Crippen LogP contribution in [0.5, 0.6) is 0 Å². The van der Waals surface area contributed by atoms with E-state index in [4.69, 9.17) is 16.0 Å². The first-order valence-electron chi connectivity index (χ1n) is 7.62. The molecule has 6 nitrogen and oxygen atoms in total. The van der Waals surface area contributed by atoms with Gasteiger partial charge in [-0.1, -0.05) is 5.16 Å². The summed E-state index contributed by atoms with van der Waals surface area (Å²) in [4.78, 5) is 8.73. The number of fused-ring (bicyclic) bond motifs is 1. The molecule has 0 bridgehead atoms. The number of nitrogens with two attached hydrogens (primary N) is 2. The minimum Gasteiger partial charge on any atom is -0.395 e. The van der Waals surface area contributed by atoms with Gasteiger partial charge in [0.1, 0.15) is 22.8 Å². The van der Waals surface area contributed by atoms with E-state index in [0.717, 1.165) is 5.56 Å². The first kappa shape index (κ1) is 15.1. The lowest BCUT2D eigenvalue weighted by Crippen LogP contribution is -2.05. The molecule has 0 spiro atoms. The van der Waals surface area contributed by atoms with Crippen molar-refractivity contribution >= 4 is 22.4 Å². The lowest BCUT2D eigenvalue weighted by molar-refractivity contribution is 0.391. The fourth-order valence-electron chi connectivity index (χ4n) is 2.64. The standard InChI is InChI=1S/C18H14FN5O/c19-11-5-3-10(4-6-11)14-8-12(25-24-14)9-15-16(20)17(21)18-13(23-15)2-1-7-22-18/h1-8H,9,20H2,(H2,21,23). The van der Waals surface area contributed by atoms with Crippen molar-refractivity contribution in [1.29, 1.82) is 0 Å². The van der Waals surface area contributed by atoms with Gasteiger partial charge in [0.05, 0.1) is 29.0 Å². The van der Waals surface area contributed by atoms with E-state index >= 15 is 0 Å². The Hall–Kier alpha value is -3.48. The summed E-state index contributed by atoms with van der Waals surface area (Å²) in [6.07, 6.45) is 1.99. The van der Waals surface area contributed by atoms with Crippen molar-refractivity contribution in [2.24, 2.45) is 0 Å². The highest BCUT2D eigenvalue weighted by Crippen LogP contribution is 2.28. The zero-order valence-corrected chi connectivity index (χ0v) is 13.1. The van der Waals surface area contributed by atoms with Crippen molar-refractivity contribution in [2.45, 2.75) is 6.42 Å². The zero-order valence-electron chi connectivity index (χ0n) is 13.1. The molecule has 124 valence electrons. The van der Waals surface area contributed by atoms with Gasteiger partial charge in [-0.3, -0.25) is 4.98 Å². The van der Waals surface area contributed by atoms with E-state index < -0.39 is 0 Å². The summed E-state index contributed by atoms with van der Waals surface area (Å²) in [5.74, 6) is 0.283. The van der Waals surface area contributed by atoms with Gasteiger partial charge in [-0.25, -0.2) is 9.37 Å². The van der Waals surface area contributed by atoms with E-state index in [1.807, 2.05) is 6.07 Å². The smallest absolute Gasteiger partial charge is 0.143 e. The zero-order chi connectivity index (χ0) is 17.4. The number of halogens is 1. The van der Waals surface area contributed by atoms with Crippen LogP contribution in [0.15, 0.2) is 53.2 Å². The van der Waals surface area contributed by atoms with Gasteiger partial charge in [-0.15, -0.1) is 0 Å². The Balaban J connectivity index is 1.68. The molecule has 0 radical (unpaired) electrons. The number of rotatable bonds is 3. The lowest BCUT2D eigenvalue weighted by Gasteiger charge is -2.08. The van der Waals surface area contributed by atoms with E-state index in [0.29, 0.717) is 46.0 Å². The van der Waals surface area contributed by atoms with Crippen LogP contribution in [0, 0.1) is 5.82 Å². The quantitative estimate of drug-likeness (QED) is 0.596. The molecular weight excluding hydrogens is 321 g/mol. The molecule has 0 saturated carbocycles. The Morgan fingerprint density at radius 2 is 1.84 bits per heavy atom. The molecule has 4 aromatic rings. The number of nitrogen functional groups attached to an aromatic ring is 2. The van der Waals surface area contributed by atoms with Crippen LogP contribution in [-0.2, 0) is 6.42 Å². The van der Waals surface area contributed by atoms with Gasteiger partial charge in [0.15, 0.2) is 0 Å². The Labute approximate surface area is 142 Å². The second-order valence-corrected chi connectivity index (χ2v) is 5.62. The van der Waals surface area contributed by atoms with Crippen LogP contribution >= 0.6 is 0 Å². The van der Waals surface area contributed by atoms with Gasteiger partial charge in [0.2, 0.25) is 0 Å². The predicted molar refractivity (Wildman–Crippen MR) is 93.1 cm³/mol. The van der Waals surface area contributed by atoms with Gasteiger partial charge in [0.25, 0.3) is 0 Å². The largest absolute Gasteiger partial charge is 0.395 e. The van der Waals surface area contributed by atoms with Gasteiger partial charge >= 0.3 is 0 Å². The van der Waals surface area contributed by atoms with Gasteiger partial charge < -0.3 is 16.0 Å². The summed E-state index contributed by atoms with van der Waals surface area (Å²) in [6.45, 7) is 0. The fourth-order valence-corrected chi connectivity index (χ4v) is 2.64. The summed E-state index contributed by atoms with van der Waals surface area (Å²) in [6, 6.07) is 11.4. The van der Waals surface area contributed by atoms with Crippen LogP contribution < -0.4 is 11.5 Å². The molecule has 0 aliphatic heterocycles. The van der Waals surface area contributed by atoms with Crippen molar-refractivity contribution in [2.75, 3.05) is 11.5 Å². The van der Waals surface area contributed by atoms with E-state index in [1.54, 1.807) is 30.5 Å². The number of nitrogens with zero attached hydrogens (tertiary/aromatic N) is 3. The highest BCUT2D eigenvalue weighted by molar-refractivity contribution is 5.93. The molecule has 3 aromatic heterocycles. The average Bonchev–Trinajstić information content (AvgIpc) is 3.09. The molecule has 0 fully saturated rings. The maximum Gasteiger partial charge on any atom is 0.143 e. The SMILES string of the molecule is Nc1c(Cc2cc(-c3ccc(F)cc3)no2)nc2cccnc2c1N. The molecule has 4 rings (SSSR count). The lowest BCUT2D eigenvalue weighted by atomic mass is 10.1. The number of benzene rings is 1. The van der Waals surface area contributed by atoms with Crippen molar-refractivity contribution in [3.8, 4) is 11.3 Å². The maximum absolute atomic E-state index is 13.0. The third-order valence-corrected chi connectivity index (χ3v) is 3.94. The molecule has 4 N–H and O–H groups in total. The molecule has 0 amide bonds. The van der Waals surface area contributed by atoms with Gasteiger partial charge in [0, 0.05) is 17.8 Å². The van der Waals surface area contributed by atoms with Crippen LogP contribution in [-0.4, -0.2) is 15.1 Å². The van der Waals surface area contributed by atoms with Crippen molar-refractivity contribution in [1.82, 2.24) is 15.1 Å². The molecule has 0 aliphatic rings. The maximum atomic E-state index is 13.0. The number of pyridine rings is 2. The Morgan fingerprint density at radius 3 is 2.64 bits per heavy atom. The normalized spacial score (nSPS) is 11.1. The summed E-state index contributed by atoms with van der Waals surface area (Å²) >= 11 is 0. The van der Waals surface area contributed by atoms with Crippen molar-refractivity contribution in [3.63, 3.8) is 0 Å². The van der Waals surface area contributed by atoms with Crippen LogP contribution in [0.4, 0.5) is 15.8 Å². The first-order chi connectivity index (χ1) is 12.1. The highest BCUT2D eigenvalue weighted by Gasteiger charge is 2.14. The minimum atomic E-state index is -0.301. The molecule has 25 heavy (non-hydrogen) atoms. The molecular formula is C18H14FN5O. The molecule has 0 unspecified atom stereocenters. The predicted octanol–water partition coefficient (Wildman–Crippen LogP) is 3.18. The third kappa shape index (κ3) is 2.76. The Bertz CT molecular complexity index is 1060. The van der Waals surface area contributed by atoms with E-state index in [9.17, 15) is 4.39 Å². The average molecular weight is 335 g/mol. The summed E-state index contributed by atoms with van der Waals surface area (Å²) in [5, 5.41) is 4.02. The molecule has 7 heteroatoms. The number of anilines is 2. The summed E-state index contributed by atoms with van der Waals surface area (Å²) in [7, 11) is 0. The molecule has 1 aromatic carbocycles. The monoisotopic (exact) mass is 335 g/mol. The molecule has 0 atom stereocenters. The second-order valence-electron chi connectivity index (χ2n) is 5.62. The van der Waals surface area contributed by atoms with E-state index in [2.05, 4.69) is 15.1 Å².